The summed E-state index contributed by atoms with van der Waals surface area (Å²) < 4.78 is 0. The third kappa shape index (κ3) is 4.89. The van der Waals surface area contributed by atoms with Gasteiger partial charge < -0.3 is 4.90 Å². The summed E-state index contributed by atoms with van der Waals surface area (Å²) >= 11 is 5.95. The lowest BCUT2D eigenvalue weighted by Crippen LogP contribution is -2.27. The van der Waals surface area contributed by atoms with Crippen LogP contribution >= 0.6 is 11.6 Å². The standard InChI is InChI=1S/C13H19ClN4/c1-10(2)5-8-18(7-4-6-15)13-9-12(14)16-11(3)17-13/h9-10H,4-5,7-8H2,1-3H3. The number of rotatable bonds is 6. The van der Waals surface area contributed by atoms with Gasteiger partial charge in [-0.05, 0) is 19.3 Å². The number of nitrogens with zero attached hydrogens (tertiary/aromatic N) is 4. The molecule has 0 spiro atoms. The Hall–Kier alpha value is -1.34. The second kappa shape index (κ2) is 7.17. The molecule has 1 aromatic rings. The Labute approximate surface area is 114 Å². The Kier molecular flexibility index (Phi) is 5.87. The van der Waals surface area contributed by atoms with E-state index in [9.17, 15) is 0 Å². The molecule has 1 rings (SSSR count). The first-order valence-corrected chi connectivity index (χ1v) is 6.53. The van der Waals surface area contributed by atoms with Crippen LogP contribution in [0.5, 0.6) is 0 Å². The zero-order valence-corrected chi connectivity index (χ0v) is 11.9. The summed E-state index contributed by atoms with van der Waals surface area (Å²) in [4.78, 5) is 10.5. The van der Waals surface area contributed by atoms with Crippen molar-refractivity contribution in [3.8, 4) is 6.07 Å². The van der Waals surface area contributed by atoms with E-state index in [0.717, 1.165) is 18.8 Å². The third-order valence-electron chi connectivity index (χ3n) is 2.59. The Morgan fingerprint density at radius 3 is 2.67 bits per heavy atom. The Morgan fingerprint density at radius 2 is 2.11 bits per heavy atom. The average molecular weight is 267 g/mol. The van der Waals surface area contributed by atoms with Gasteiger partial charge in [-0.15, -0.1) is 0 Å². The van der Waals surface area contributed by atoms with Crippen LogP contribution in [0.2, 0.25) is 5.15 Å². The van der Waals surface area contributed by atoms with Gasteiger partial charge in [-0.1, -0.05) is 25.4 Å². The summed E-state index contributed by atoms with van der Waals surface area (Å²) in [5.74, 6) is 2.08. The van der Waals surface area contributed by atoms with Gasteiger partial charge in [0.15, 0.2) is 0 Å². The van der Waals surface area contributed by atoms with Crippen LogP contribution in [-0.4, -0.2) is 23.1 Å². The minimum absolute atomic E-state index is 0.448. The molecule has 0 N–H and O–H groups in total. The molecule has 0 aliphatic rings. The fraction of sp³-hybridized carbons (Fsp3) is 0.615. The molecule has 98 valence electrons. The first-order chi connectivity index (χ1) is 8.52. The molecule has 0 aromatic carbocycles. The Balaban J connectivity index is 2.83. The molecule has 1 heterocycles. The minimum Gasteiger partial charge on any atom is -0.355 e. The molecular formula is C13H19ClN4. The van der Waals surface area contributed by atoms with Crippen molar-refractivity contribution < 1.29 is 0 Å². The van der Waals surface area contributed by atoms with Crippen molar-refractivity contribution in [1.29, 1.82) is 5.26 Å². The normalized spacial score (nSPS) is 10.4. The number of aromatic nitrogens is 2. The highest BCUT2D eigenvalue weighted by Crippen LogP contribution is 2.17. The molecule has 0 saturated carbocycles. The zero-order chi connectivity index (χ0) is 13.5. The monoisotopic (exact) mass is 266 g/mol. The molecule has 1 aromatic heterocycles. The minimum atomic E-state index is 0.448. The number of aryl methyl sites for hydroxylation is 1. The molecule has 18 heavy (non-hydrogen) atoms. The topological polar surface area (TPSA) is 52.8 Å². The van der Waals surface area contributed by atoms with Crippen LogP contribution < -0.4 is 4.90 Å². The van der Waals surface area contributed by atoms with Crippen LogP contribution in [0, 0.1) is 24.2 Å². The van der Waals surface area contributed by atoms with Crippen molar-refractivity contribution in [2.45, 2.75) is 33.6 Å². The molecule has 0 atom stereocenters. The number of hydrogen-bond donors (Lipinski definition) is 0. The maximum atomic E-state index is 8.71. The highest BCUT2D eigenvalue weighted by molar-refractivity contribution is 6.29. The van der Waals surface area contributed by atoms with Gasteiger partial charge in [0, 0.05) is 19.2 Å². The lowest BCUT2D eigenvalue weighted by atomic mass is 10.1. The van der Waals surface area contributed by atoms with Gasteiger partial charge in [0.2, 0.25) is 0 Å². The molecular weight excluding hydrogens is 248 g/mol. The van der Waals surface area contributed by atoms with Gasteiger partial charge in [-0.3, -0.25) is 0 Å². The third-order valence-corrected chi connectivity index (χ3v) is 2.78. The summed E-state index contributed by atoms with van der Waals surface area (Å²) in [5, 5.41) is 9.16. The van der Waals surface area contributed by atoms with Gasteiger partial charge in [0.05, 0.1) is 12.5 Å². The fourth-order valence-corrected chi connectivity index (χ4v) is 1.84. The predicted octanol–water partition coefficient (Wildman–Crippen LogP) is 3.20. The highest BCUT2D eigenvalue weighted by Gasteiger charge is 2.10. The lowest BCUT2D eigenvalue weighted by molar-refractivity contribution is 0.571. The quantitative estimate of drug-likeness (QED) is 0.742. The van der Waals surface area contributed by atoms with Gasteiger partial charge in [-0.2, -0.15) is 5.26 Å². The molecule has 0 bridgehead atoms. The van der Waals surface area contributed by atoms with Crippen LogP contribution in [0.1, 0.15) is 32.5 Å². The van der Waals surface area contributed by atoms with Crippen molar-refractivity contribution in [2.24, 2.45) is 5.92 Å². The number of nitriles is 1. The molecule has 0 radical (unpaired) electrons. The van der Waals surface area contributed by atoms with E-state index in [-0.39, 0.29) is 0 Å². The van der Waals surface area contributed by atoms with Crippen molar-refractivity contribution >= 4 is 17.4 Å². The Bertz CT molecular complexity index is 405. The molecule has 0 fully saturated rings. The van der Waals surface area contributed by atoms with Gasteiger partial charge in [0.1, 0.15) is 16.8 Å². The smallest absolute Gasteiger partial charge is 0.134 e. The number of anilines is 1. The second-order valence-corrected chi connectivity index (χ2v) is 5.06. The van der Waals surface area contributed by atoms with Crippen molar-refractivity contribution in [2.75, 3.05) is 18.0 Å². The number of halogens is 1. The van der Waals surface area contributed by atoms with Crippen molar-refractivity contribution in [3.63, 3.8) is 0 Å². The van der Waals surface area contributed by atoms with E-state index in [1.165, 1.54) is 0 Å². The summed E-state index contributed by atoms with van der Waals surface area (Å²) in [6, 6.07) is 3.92. The highest BCUT2D eigenvalue weighted by atomic mass is 35.5. The van der Waals surface area contributed by atoms with Gasteiger partial charge in [-0.25, -0.2) is 9.97 Å². The molecule has 0 saturated heterocycles. The second-order valence-electron chi connectivity index (χ2n) is 4.67. The van der Waals surface area contributed by atoms with E-state index in [1.807, 2.05) is 6.92 Å². The average Bonchev–Trinajstić information content (AvgIpc) is 2.27. The molecule has 0 aliphatic heterocycles. The van der Waals surface area contributed by atoms with E-state index in [2.05, 4.69) is 34.8 Å². The van der Waals surface area contributed by atoms with Crippen LogP contribution in [0.25, 0.3) is 0 Å². The molecule has 5 heteroatoms. The van der Waals surface area contributed by atoms with Crippen LogP contribution in [0.15, 0.2) is 6.07 Å². The summed E-state index contributed by atoms with van der Waals surface area (Å²) in [6.45, 7) is 7.74. The van der Waals surface area contributed by atoms with E-state index >= 15 is 0 Å². The van der Waals surface area contributed by atoms with E-state index in [0.29, 0.717) is 29.9 Å². The maximum Gasteiger partial charge on any atom is 0.134 e. The van der Waals surface area contributed by atoms with E-state index in [4.69, 9.17) is 16.9 Å². The first-order valence-electron chi connectivity index (χ1n) is 6.16. The van der Waals surface area contributed by atoms with E-state index in [1.54, 1.807) is 6.07 Å². The van der Waals surface area contributed by atoms with Crippen molar-refractivity contribution in [3.05, 3.63) is 17.0 Å². The number of hydrogen-bond acceptors (Lipinski definition) is 4. The SMILES string of the molecule is Cc1nc(Cl)cc(N(CCC#N)CCC(C)C)n1. The van der Waals surface area contributed by atoms with E-state index < -0.39 is 0 Å². The van der Waals surface area contributed by atoms with Crippen molar-refractivity contribution in [1.82, 2.24) is 9.97 Å². The Morgan fingerprint density at radius 1 is 1.39 bits per heavy atom. The van der Waals surface area contributed by atoms with Crippen LogP contribution in [0.4, 0.5) is 5.82 Å². The predicted molar refractivity (Wildman–Crippen MR) is 73.7 cm³/mol. The summed E-state index contributed by atoms with van der Waals surface area (Å²) in [6.07, 6.45) is 1.55. The fourth-order valence-electron chi connectivity index (χ4n) is 1.62. The summed E-state index contributed by atoms with van der Waals surface area (Å²) in [5.41, 5.74) is 0. The van der Waals surface area contributed by atoms with Gasteiger partial charge >= 0.3 is 0 Å². The molecule has 0 aliphatic carbocycles. The summed E-state index contributed by atoms with van der Waals surface area (Å²) in [7, 11) is 0. The zero-order valence-electron chi connectivity index (χ0n) is 11.1. The maximum absolute atomic E-state index is 8.71. The molecule has 0 unspecified atom stereocenters. The first kappa shape index (κ1) is 14.7. The molecule has 0 amide bonds. The van der Waals surface area contributed by atoms with Gasteiger partial charge in [0.25, 0.3) is 0 Å². The largest absolute Gasteiger partial charge is 0.355 e. The molecule has 4 nitrogen and oxygen atoms in total. The van der Waals surface area contributed by atoms with Crippen LogP contribution in [-0.2, 0) is 0 Å². The van der Waals surface area contributed by atoms with Crippen LogP contribution in [0.3, 0.4) is 0 Å². The lowest BCUT2D eigenvalue weighted by Gasteiger charge is -2.23.